The Kier molecular flexibility index (Phi) is 489. The van der Waals surface area contributed by atoms with Crippen LogP contribution in [0.2, 0.25) is 0 Å². The normalized spacial score (nSPS) is 0. The molecule has 0 amide bonds. The molecule has 0 rings (SSSR count). The second-order valence-electron chi connectivity index (χ2n) is 0. The van der Waals surface area contributed by atoms with Gasteiger partial charge in [0.15, 0.2) is 0 Å². The summed E-state index contributed by atoms with van der Waals surface area (Å²) in [6, 6.07) is 0. The predicted molar refractivity (Wildman–Crippen MR) is 5.75 cm³/mol. The molecule has 0 unspecified atom stereocenters. The summed E-state index contributed by atoms with van der Waals surface area (Å²) < 4.78 is 0. The zero-order valence-electron chi connectivity index (χ0n) is 3.39. The fourth-order valence-corrected chi connectivity index (χ4v) is 0. The van der Waals surface area contributed by atoms with Gasteiger partial charge in [0.2, 0.25) is 0 Å². The Bertz CT molecular complexity index is 8.04. The molecule has 0 atom stereocenters. The van der Waals surface area contributed by atoms with E-state index in [2.05, 4.69) is 0 Å². The molecule has 0 bridgehead atoms. The van der Waals surface area contributed by atoms with E-state index in [1.807, 2.05) is 0 Å². The Morgan fingerprint density at radius 3 is 0.429 bits per heavy atom. The van der Waals surface area contributed by atoms with E-state index in [1.165, 1.54) is 0 Å². The number of halogens is 5. The van der Waals surface area contributed by atoms with Gasteiger partial charge in [0.05, 0.1) is 0 Å². The van der Waals surface area contributed by atoms with Crippen molar-refractivity contribution in [3.05, 3.63) is 0 Å². The summed E-state index contributed by atoms with van der Waals surface area (Å²) >= 11 is 0. The maximum atomic E-state index is 0. The first-order valence-corrected chi connectivity index (χ1v) is 0. The van der Waals surface area contributed by atoms with Crippen molar-refractivity contribution in [3.8, 4) is 0 Å². The maximum absolute atomic E-state index is 0. The summed E-state index contributed by atoms with van der Waals surface area (Å²) in [6.45, 7) is 0. The van der Waals surface area contributed by atoms with Crippen LogP contribution < -0.4 is 131 Å². The molecule has 40 valence electrons. The van der Waals surface area contributed by atoms with Gasteiger partial charge in [-0.1, -0.05) is 0 Å². The number of hydrogen-bond acceptors (Lipinski definition) is 0. The molecule has 0 aromatic heterocycles. The molecule has 0 aliphatic carbocycles. The Labute approximate surface area is 145 Å². The molecular formula is Cl5CsGe. The smallest absolute Gasteiger partial charge is 1.00 e. The molecule has 0 radical (unpaired) electrons. The second-order valence-corrected chi connectivity index (χ2v) is 0. The summed E-state index contributed by atoms with van der Waals surface area (Å²) in [7, 11) is 0. The van der Waals surface area contributed by atoms with Crippen LogP contribution in [-0.4, -0.2) is 17.6 Å². The third-order valence-electron chi connectivity index (χ3n) is 0. The van der Waals surface area contributed by atoms with Crippen LogP contribution in [-0.2, 0) is 0 Å². The van der Waals surface area contributed by atoms with E-state index >= 15 is 0 Å². The first-order valence-electron chi connectivity index (χ1n) is 0. The molecule has 0 aromatic rings. The van der Waals surface area contributed by atoms with Crippen molar-refractivity contribution in [1.82, 2.24) is 0 Å². The minimum Gasteiger partial charge on any atom is -1.00 e. The molecular weight excluding hydrogens is 383 g/mol. The zero-order valence-corrected chi connectivity index (χ0v) is 15.5. The van der Waals surface area contributed by atoms with Crippen LogP contribution in [0.3, 0.4) is 0 Å². The van der Waals surface area contributed by atoms with Gasteiger partial charge in [-0.2, -0.15) is 0 Å². The summed E-state index contributed by atoms with van der Waals surface area (Å²) in [4.78, 5) is 0. The predicted octanol–water partition coefficient (Wildman–Crippen LogP) is -18.4. The van der Waals surface area contributed by atoms with Crippen molar-refractivity contribution in [1.29, 1.82) is 0 Å². The van der Waals surface area contributed by atoms with Gasteiger partial charge in [0, 0.05) is 0 Å². The largest absolute Gasteiger partial charge is 4.00 e. The van der Waals surface area contributed by atoms with Gasteiger partial charge in [-0.25, -0.2) is 0 Å². The van der Waals surface area contributed by atoms with E-state index in [0.717, 1.165) is 0 Å². The van der Waals surface area contributed by atoms with Gasteiger partial charge in [-0.15, -0.1) is 0 Å². The van der Waals surface area contributed by atoms with Crippen LogP contribution in [0, 0.1) is 0 Å². The third-order valence-corrected chi connectivity index (χ3v) is 0. The van der Waals surface area contributed by atoms with Crippen LogP contribution in [0.4, 0.5) is 0 Å². The molecule has 0 nitrogen and oxygen atoms in total. The van der Waals surface area contributed by atoms with Gasteiger partial charge < -0.3 is 62.0 Å². The Morgan fingerprint density at radius 2 is 0.429 bits per heavy atom. The molecule has 0 spiro atoms. The Hall–Kier alpha value is 4.04. The molecule has 0 saturated heterocycles. The average molecular weight is 383 g/mol. The van der Waals surface area contributed by atoms with E-state index in [-0.39, 0.29) is 149 Å². The summed E-state index contributed by atoms with van der Waals surface area (Å²) in [5.74, 6) is 0. The number of hydrogen-bond donors (Lipinski definition) is 0. The topological polar surface area (TPSA) is 0 Å². The van der Waals surface area contributed by atoms with Crippen molar-refractivity contribution in [2.45, 2.75) is 0 Å². The molecule has 0 aliphatic heterocycles. The van der Waals surface area contributed by atoms with Crippen molar-refractivity contribution < 1.29 is 131 Å². The van der Waals surface area contributed by atoms with Gasteiger partial charge in [0.1, 0.15) is 0 Å². The van der Waals surface area contributed by atoms with E-state index in [9.17, 15) is 0 Å². The molecule has 0 saturated carbocycles. The second kappa shape index (κ2) is 50.2. The van der Waals surface area contributed by atoms with Crippen LogP contribution in [0.15, 0.2) is 0 Å². The number of rotatable bonds is 0. The SMILES string of the molecule is [Cl-].[Cl-].[Cl-].[Cl-].[Cl-].[Cs+].[Ge+4]. The van der Waals surface area contributed by atoms with Crippen molar-refractivity contribution in [2.24, 2.45) is 0 Å². The Morgan fingerprint density at radius 1 is 0.429 bits per heavy atom. The summed E-state index contributed by atoms with van der Waals surface area (Å²) in [5, 5.41) is 0. The van der Waals surface area contributed by atoms with Gasteiger partial charge in [-0.05, 0) is 0 Å². The maximum Gasteiger partial charge on any atom is 4.00 e. The van der Waals surface area contributed by atoms with Crippen molar-refractivity contribution >= 4 is 17.6 Å². The third kappa shape index (κ3) is 39.7. The molecule has 0 aliphatic rings. The van der Waals surface area contributed by atoms with Gasteiger partial charge in [0.25, 0.3) is 0 Å². The Balaban J connectivity index is 0. The standard InChI is InChI=1S/5ClH.Cs.Ge/h5*1H;;/q;;;;;+1;+4/p-5. The average Bonchev–Trinajstić information content (AvgIpc) is 0. The molecule has 7 heavy (non-hydrogen) atoms. The monoisotopic (exact) mass is 382 g/mol. The molecule has 0 heterocycles. The van der Waals surface area contributed by atoms with Crippen LogP contribution in [0.25, 0.3) is 0 Å². The van der Waals surface area contributed by atoms with E-state index < -0.39 is 0 Å². The van der Waals surface area contributed by atoms with Gasteiger partial charge >= 0.3 is 86.5 Å². The molecule has 0 N–H and O–H groups in total. The minimum absolute atomic E-state index is 0. The van der Waals surface area contributed by atoms with E-state index in [1.54, 1.807) is 0 Å². The fraction of sp³-hybridized carbons (Fsp3) is 0. The van der Waals surface area contributed by atoms with Crippen LogP contribution in [0.5, 0.6) is 0 Å². The quantitative estimate of drug-likeness (QED) is 0.365. The van der Waals surface area contributed by atoms with E-state index in [4.69, 9.17) is 0 Å². The van der Waals surface area contributed by atoms with Crippen molar-refractivity contribution in [2.75, 3.05) is 0 Å². The van der Waals surface area contributed by atoms with Crippen molar-refractivity contribution in [3.63, 3.8) is 0 Å². The summed E-state index contributed by atoms with van der Waals surface area (Å²) in [6.07, 6.45) is 0. The van der Waals surface area contributed by atoms with Gasteiger partial charge in [-0.3, -0.25) is 0 Å². The molecule has 0 aromatic carbocycles. The molecule has 7 heteroatoms. The zero-order chi connectivity index (χ0) is 0. The van der Waals surface area contributed by atoms with Crippen LogP contribution >= 0.6 is 0 Å². The fourth-order valence-electron chi connectivity index (χ4n) is 0. The van der Waals surface area contributed by atoms with Crippen LogP contribution in [0.1, 0.15) is 0 Å². The molecule has 0 fully saturated rings. The summed E-state index contributed by atoms with van der Waals surface area (Å²) in [5.41, 5.74) is 0. The first kappa shape index (κ1) is 68.1. The van der Waals surface area contributed by atoms with E-state index in [0.29, 0.717) is 0 Å². The minimum atomic E-state index is 0. The first-order chi connectivity index (χ1) is 0.